The van der Waals surface area contributed by atoms with Crippen LogP contribution in [0.15, 0.2) is 105 Å². The van der Waals surface area contributed by atoms with E-state index in [1.165, 1.54) is 20.9 Å². The van der Waals surface area contributed by atoms with Gasteiger partial charge in [-0.15, -0.1) is 0 Å². The first-order chi connectivity index (χ1) is 20.9. The summed E-state index contributed by atoms with van der Waals surface area (Å²) in [5, 5.41) is 5.84. The summed E-state index contributed by atoms with van der Waals surface area (Å²) in [7, 11) is 1.57. The minimum absolute atomic E-state index is 0.157. The van der Waals surface area contributed by atoms with Crippen LogP contribution >= 0.6 is 11.3 Å². The number of methoxy groups -OCH3 is 1. The molecular weight excluding hydrogens is 564 g/mol. The van der Waals surface area contributed by atoms with E-state index in [9.17, 15) is 14.4 Å². The van der Waals surface area contributed by atoms with Crippen molar-refractivity contribution in [1.82, 2.24) is 4.57 Å². The maximum absolute atomic E-state index is 14.2. The second kappa shape index (κ2) is 11.7. The van der Waals surface area contributed by atoms with Crippen LogP contribution in [0.5, 0.6) is 5.75 Å². The average Bonchev–Trinajstić information content (AvgIpc) is 3.51. The molecule has 0 fully saturated rings. The van der Waals surface area contributed by atoms with Crippen LogP contribution in [0, 0.1) is 5.92 Å². The first kappa shape index (κ1) is 28.0. The van der Waals surface area contributed by atoms with E-state index in [1.807, 2.05) is 72.8 Å². The number of hydrazone groups is 1. The molecule has 216 valence electrons. The Kier molecular flexibility index (Phi) is 7.60. The molecule has 0 saturated heterocycles. The maximum atomic E-state index is 14.2. The molecule has 0 unspecified atom stereocenters. The lowest BCUT2D eigenvalue weighted by Crippen LogP contribution is -2.40. The van der Waals surface area contributed by atoms with Gasteiger partial charge in [-0.25, -0.2) is 9.79 Å². The number of esters is 1. The van der Waals surface area contributed by atoms with Crippen molar-refractivity contribution >= 4 is 46.4 Å². The molecule has 0 bridgehead atoms. The Morgan fingerprint density at radius 1 is 0.977 bits per heavy atom. The topological polar surface area (TPSA) is 103 Å². The molecule has 3 heterocycles. The van der Waals surface area contributed by atoms with E-state index >= 15 is 0 Å². The van der Waals surface area contributed by atoms with Gasteiger partial charge in [0, 0.05) is 5.56 Å². The number of benzene rings is 3. The molecular formula is C33H28N4O5S. The summed E-state index contributed by atoms with van der Waals surface area (Å²) in [4.78, 5) is 46.5. The Bertz CT molecular complexity index is 1940. The van der Waals surface area contributed by atoms with Crippen molar-refractivity contribution in [2.24, 2.45) is 16.0 Å². The standard InChI is InChI=1S/C33H28N4O5S/c1-4-42-32(40)27-28(21-11-7-5-8-12-21)34-33-36(29(27)22-15-17-24(41-3)18-16-22)31(39)26(43-33)19-25-20(2)35-37(30(25)38)23-13-9-6-10-14-23/h5-19,25,29H,4H2,1-3H3/b26-19+/t25-,29-/m0/s1. The minimum atomic E-state index is -0.826. The van der Waals surface area contributed by atoms with E-state index in [0.29, 0.717) is 43.3 Å². The van der Waals surface area contributed by atoms with Crippen LogP contribution in [0.4, 0.5) is 5.69 Å². The zero-order valence-electron chi connectivity index (χ0n) is 23.8. The summed E-state index contributed by atoms with van der Waals surface area (Å²) >= 11 is 1.17. The van der Waals surface area contributed by atoms with Gasteiger partial charge < -0.3 is 9.47 Å². The summed E-state index contributed by atoms with van der Waals surface area (Å²) in [5.41, 5.74) is 2.94. The number of aromatic nitrogens is 1. The molecule has 9 nitrogen and oxygen atoms in total. The Morgan fingerprint density at radius 2 is 1.65 bits per heavy atom. The predicted octanol–water partition coefficient (Wildman–Crippen LogP) is 3.93. The fraction of sp³-hybridized carbons (Fsp3) is 0.182. The lowest BCUT2D eigenvalue weighted by atomic mass is 9.93. The average molecular weight is 593 g/mol. The number of amides is 1. The van der Waals surface area contributed by atoms with Crippen LogP contribution in [0.1, 0.15) is 31.0 Å². The second-order valence-electron chi connectivity index (χ2n) is 9.93. The van der Waals surface area contributed by atoms with E-state index in [1.54, 1.807) is 39.2 Å². The highest BCUT2D eigenvalue weighted by atomic mass is 32.1. The number of hydrogen-bond donors (Lipinski definition) is 0. The van der Waals surface area contributed by atoms with Crippen LogP contribution in [-0.2, 0) is 14.3 Å². The number of anilines is 1. The summed E-state index contributed by atoms with van der Waals surface area (Å²) in [5.74, 6) is -0.899. The van der Waals surface area contributed by atoms with Gasteiger partial charge in [0.15, 0.2) is 4.80 Å². The Hall–Kier alpha value is -5.09. The molecule has 0 saturated carbocycles. The first-order valence-electron chi connectivity index (χ1n) is 13.8. The fourth-order valence-electron chi connectivity index (χ4n) is 5.23. The largest absolute Gasteiger partial charge is 0.497 e. The van der Waals surface area contributed by atoms with Gasteiger partial charge >= 0.3 is 5.97 Å². The quantitative estimate of drug-likeness (QED) is 0.303. The Morgan fingerprint density at radius 3 is 2.30 bits per heavy atom. The predicted molar refractivity (Wildman–Crippen MR) is 165 cm³/mol. The monoisotopic (exact) mass is 592 g/mol. The molecule has 2 atom stereocenters. The zero-order chi connectivity index (χ0) is 30.1. The van der Waals surface area contributed by atoms with E-state index in [4.69, 9.17) is 14.5 Å². The van der Waals surface area contributed by atoms with E-state index in [0.717, 1.165) is 0 Å². The van der Waals surface area contributed by atoms with Gasteiger partial charge in [-0.2, -0.15) is 10.1 Å². The van der Waals surface area contributed by atoms with Gasteiger partial charge in [-0.05, 0) is 49.8 Å². The number of hydrogen-bond acceptors (Lipinski definition) is 8. The molecule has 0 radical (unpaired) electrons. The SMILES string of the molecule is CCOC(=O)C1=C(c2ccccc2)N=c2s/c(=C/[C@@H]3C(=O)N(c4ccccc4)N=C3C)c(=O)n2[C@H]1c1ccc(OC)cc1. The van der Waals surface area contributed by atoms with Crippen molar-refractivity contribution in [3.63, 3.8) is 0 Å². The van der Waals surface area contributed by atoms with Gasteiger partial charge in [0.25, 0.3) is 11.5 Å². The molecule has 0 aliphatic carbocycles. The molecule has 1 aromatic heterocycles. The van der Waals surface area contributed by atoms with Gasteiger partial charge in [0.2, 0.25) is 0 Å². The summed E-state index contributed by atoms with van der Waals surface area (Å²) in [6, 6.07) is 24.9. The van der Waals surface area contributed by atoms with Crippen molar-refractivity contribution in [3.05, 3.63) is 121 Å². The number of carbonyl (C=O) groups excluding carboxylic acids is 2. The first-order valence-corrected chi connectivity index (χ1v) is 14.6. The molecule has 0 N–H and O–H groups in total. The van der Waals surface area contributed by atoms with Crippen LogP contribution in [0.3, 0.4) is 0 Å². The Labute approximate surface area is 251 Å². The highest BCUT2D eigenvalue weighted by molar-refractivity contribution is 7.07. The zero-order valence-corrected chi connectivity index (χ0v) is 24.6. The van der Waals surface area contributed by atoms with E-state index < -0.39 is 17.9 Å². The van der Waals surface area contributed by atoms with Gasteiger partial charge in [-0.1, -0.05) is 72.0 Å². The molecule has 0 spiro atoms. The van der Waals surface area contributed by atoms with Crippen LogP contribution < -0.4 is 24.6 Å². The lowest BCUT2D eigenvalue weighted by molar-refractivity contribution is -0.138. The van der Waals surface area contributed by atoms with Crippen molar-refractivity contribution < 1.29 is 19.1 Å². The third-order valence-corrected chi connectivity index (χ3v) is 8.31. The van der Waals surface area contributed by atoms with Crippen LogP contribution in [0.2, 0.25) is 0 Å². The third-order valence-electron chi connectivity index (χ3n) is 7.31. The van der Waals surface area contributed by atoms with Crippen LogP contribution in [0.25, 0.3) is 11.8 Å². The molecule has 10 heteroatoms. The smallest absolute Gasteiger partial charge is 0.338 e. The lowest BCUT2D eigenvalue weighted by Gasteiger charge is -2.26. The van der Waals surface area contributed by atoms with Crippen molar-refractivity contribution in [1.29, 1.82) is 0 Å². The number of nitrogens with zero attached hydrogens (tertiary/aromatic N) is 4. The summed E-state index contributed by atoms with van der Waals surface area (Å²) < 4.78 is 12.7. The molecule has 6 rings (SSSR count). The third kappa shape index (κ3) is 5.10. The normalized spacial score (nSPS) is 18.3. The number of para-hydroxylation sites is 1. The number of thiazole rings is 1. The van der Waals surface area contributed by atoms with Crippen molar-refractivity contribution in [3.8, 4) is 5.75 Å². The minimum Gasteiger partial charge on any atom is -0.497 e. The molecule has 1 amide bonds. The molecule has 3 aromatic carbocycles. The molecule has 43 heavy (non-hydrogen) atoms. The van der Waals surface area contributed by atoms with E-state index in [-0.39, 0.29) is 23.6 Å². The van der Waals surface area contributed by atoms with Crippen LogP contribution in [-0.4, -0.2) is 35.9 Å². The van der Waals surface area contributed by atoms with Crippen molar-refractivity contribution in [2.75, 3.05) is 18.7 Å². The molecule has 2 aliphatic rings. The maximum Gasteiger partial charge on any atom is 0.338 e. The van der Waals surface area contributed by atoms with Crippen molar-refractivity contribution in [2.45, 2.75) is 19.9 Å². The van der Waals surface area contributed by atoms with Gasteiger partial charge in [-0.3, -0.25) is 14.2 Å². The number of fused-ring (bicyclic) bond motifs is 1. The van der Waals surface area contributed by atoms with E-state index in [2.05, 4.69) is 5.10 Å². The Balaban J connectivity index is 1.55. The highest BCUT2D eigenvalue weighted by Crippen LogP contribution is 2.35. The second-order valence-corrected chi connectivity index (χ2v) is 10.9. The molecule has 4 aromatic rings. The van der Waals surface area contributed by atoms with Gasteiger partial charge in [0.05, 0.1) is 47.0 Å². The summed E-state index contributed by atoms with van der Waals surface area (Å²) in [6.45, 7) is 3.66. The fourth-order valence-corrected chi connectivity index (χ4v) is 6.24. The van der Waals surface area contributed by atoms with Gasteiger partial charge in [0.1, 0.15) is 11.7 Å². The highest BCUT2D eigenvalue weighted by Gasteiger charge is 2.37. The molecule has 2 aliphatic heterocycles. The number of carbonyl (C=O) groups is 2. The summed E-state index contributed by atoms with van der Waals surface area (Å²) in [6.07, 6.45) is 1.65. The number of ether oxygens (including phenoxy) is 2. The number of rotatable bonds is 7.